The second-order valence-electron chi connectivity index (χ2n) is 5.03. The number of hydrogen-bond acceptors (Lipinski definition) is 0. The van der Waals surface area contributed by atoms with Crippen LogP contribution in [0.15, 0.2) is 90.5 Å². The van der Waals surface area contributed by atoms with Gasteiger partial charge in [-0.25, -0.2) is 0 Å². The van der Waals surface area contributed by atoms with E-state index in [9.17, 15) is 0 Å². The van der Waals surface area contributed by atoms with Gasteiger partial charge in [-0.15, -0.1) is 0 Å². The van der Waals surface area contributed by atoms with E-state index in [1.165, 1.54) is 0 Å². The summed E-state index contributed by atoms with van der Waals surface area (Å²) < 4.78 is 15.5. The molecule has 0 bridgehead atoms. The van der Waals surface area contributed by atoms with Gasteiger partial charge in [0, 0.05) is 11.1 Å². The molecule has 0 radical (unpaired) electrons. The van der Waals surface area contributed by atoms with Crippen molar-refractivity contribution in [2.75, 3.05) is 0 Å². The topological polar surface area (TPSA) is 0 Å². The van der Waals surface area contributed by atoms with Crippen LogP contribution in [0.2, 0.25) is 5.02 Å². The first kappa shape index (κ1) is 17.0. The Morgan fingerprint density at radius 2 is 1.25 bits per heavy atom. The summed E-state index contributed by atoms with van der Waals surface area (Å²) in [7, 11) is -2.34. The lowest BCUT2D eigenvalue weighted by molar-refractivity contribution is 0.702. The fraction of sp³-hybridized carbons (Fsp3) is 0. The van der Waals surface area contributed by atoms with Crippen LogP contribution in [0.4, 0.5) is 4.39 Å². The van der Waals surface area contributed by atoms with E-state index in [1.54, 1.807) is 18.2 Å². The van der Waals surface area contributed by atoms with E-state index in [2.05, 4.69) is 24.3 Å². The molecule has 0 unspecified atom stereocenters. The molecule has 0 aromatic heterocycles. The van der Waals surface area contributed by atoms with Gasteiger partial charge in [0.15, 0.2) is 0 Å². The van der Waals surface area contributed by atoms with Gasteiger partial charge in [0.2, 0.25) is 5.57 Å². The van der Waals surface area contributed by atoms with Gasteiger partial charge in [0.25, 0.3) is 0 Å². The molecule has 0 nitrogen and oxygen atoms in total. The average Bonchev–Trinajstić information content (AvgIpc) is 2.64. The third kappa shape index (κ3) is 3.46. The minimum absolute atomic E-state index is 0.0159. The van der Waals surface area contributed by atoms with Crippen LogP contribution in [0, 0.1) is 0 Å². The van der Waals surface area contributed by atoms with Crippen molar-refractivity contribution < 1.29 is 4.39 Å². The van der Waals surface area contributed by atoms with Crippen LogP contribution in [-0.2, 0) is 0 Å². The third-order valence-electron chi connectivity index (χ3n) is 3.40. The number of hydrogen-bond donors (Lipinski definition) is 0. The molecule has 0 saturated carbocycles. The van der Waals surface area contributed by atoms with Crippen molar-refractivity contribution in [1.82, 2.24) is 0 Å². The summed E-state index contributed by atoms with van der Waals surface area (Å²) in [4.78, 5) is 0. The van der Waals surface area contributed by atoms with Crippen molar-refractivity contribution in [2.24, 2.45) is 0 Å². The minimum atomic E-state index is -2.03. The molecule has 0 saturated heterocycles. The average molecular weight is 355 g/mol. The van der Waals surface area contributed by atoms with E-state index in [4.69, 9.17) is 11.6 Å². The Labute approximate surface area is 148 Å². The van der Waals surface area contributed by atoms with Crippen LogP contribution >= 0.6 is 18.7 Å². The fourth-order valence-corrected chi connectivity index (χ4v) is 4.45. The molecule has 0 N–H and O–H groups in total. The first-order valence-electron chi connectivity index (χ1n) is 7.27. The van der Waals surface area contributed by atoms with Crippen LogP contribution < -0.4 is 10.6 Å². The van der Waals surface area contributed by atoms with Crippen molar-refractivity contribution in [3.05, 3.63) is 101 Å². The zero-order valence-corrected chi connectivity index (χ0v) is 14.0. The molecule has 3 aromatic carbocycles. The molecule has 120 valence electrons. The fourth-order valence-electron chi connectivity index (χ4n) is 2.31. The summed E-state index contributed by atoms with van der Waals surface area (Å²) in [6.07, 6.45) is 1.69. The Bertz CT molecular complexity index is 793. The molecule has 0 fully saturated rings. The molecule has 0 amide bonds. The summed E-state index contributed by atoms with van der Waals surface area (Å²) in [5.41, 5.74) is 0.871. The third-order valence-corrected chi connectivity index (χ3v) is 5.84. The molecular weight excluding hydrogens is 336 g/mol. The van der Waals surface area contributed by atoms with Gasteiger partial charge in [0.05, 0.1) is 10.6 Å². The molecule has 3 rings (SSSR count). The standard InChI is InChI=1S/C20H18BClFP/c21-24(18-7-3-1-4-8-18,19-9-5-2-6-10-19)20(23)15-16-11-13-17(22)14-12-16/h1-15H,21H3/b20-15+. The van der Waals surface area contributed by atoms with Crippen molar-refractivity contribution in [3.8, 4) is 0 Å². The first-order valence-corrected chi connectivity index (χ1v) is 8.99. The molecule has 3 aromatic rings. The van der Waals surface area contributed by atoms with Gasteiger partial charge in [-0.05, 0) is 49.1 Å². The lowest BCUT2D eigenvalue weighted by atomic mass is 10.2. The normalized spacial score (nSPS) is 12.2. The highest BCUT2D eigenvalue weighted by molar-refractivity contribution is 8.11. The lowest BCUT2D eigenvalue weighted by Gasteiger charge is -2.27. The second kappa shape index (κ2) is 7.34. The molecule has 4 heteroatoms. The van der Waals surface area contributed by atoms with Crippen molar-refractivity contribution in [2.45, 2.75) is 0 Å². The quantitative estimate of drug-likeness (QED) is 0.476. The minimum Gasteiger partial charge on any atom is -0.169 e. The van der Waals surface area contributed by atoms with E-state index in [0.717, 1.165) is 16.2 Å². The second-order valence-corrected chi connectivity index (χ2v) is 7.59. The molecule has 0 aliphatic carbocycles. The van der Waals surface area contributed by atoms with E-state index in [-0.39, 0.29) is 13.1 Å². The zero-order valence-electron chi connectivity index (χ0n) is 12.4. The monoisotopic (exact) mass is 354 g/mol. The summed E-state index contributed by atoms with van der Waals surface area (Å²) in [5, 5.41) is 2.94. The number of benzene rings is 3. The van der Waals surface area contributed by atoms with E-state index in [0.29, 0.717) is 5.02 Å². The highest BCUT2D eigenvalue weighted by Crippen LogP contribution is 2.60. The van der Waals surface area contributed by atoms with Crippen LogP contribution in [0.5, 0.6) is 0 Å². The maximum atomic E-state index is 15.5. The Morgan fingerprint density at radius 1 is 0.792 bits per heavy atom. The molecule has 0 aliphatic heterocycles. The Hall–Kier alpha value is -1.89. The van der Waals surface area contributed by atoms with E-state index >= 15 is 4.39 Å². The highest BCUT2D eigenvalue weighted by atomic mass is 35.5. The summed E-state index contributed by atoms with van der Waals surface area (Å²) in [6, 6.07) is 27.6. The summed E-state index contributed by atoms with van der Waals surface area (Å²) in [5.74, 6) is 0. The largest absolute Gasteiger partial charge is 0.204 e. The van der Waals surface area contributed by atoms with Gasteiger partial charge >= 0.3 is 0 Å². The van der Waals surface area contributed by atoms with Crippen LogP contribution in [-0.4, -0.2) is 7.57 Å². The van der Waals surface area contributed by atoms with Crippen molar-refractivity contribution >= 4 is 43.0 Å². The summed E-state index contributed by atoms with van der Waals surface area (Å²) >= 11 is 5.93. The molecule has 24 heavy (non-hydrogen) atoms. The van der Waals surface area contributed by atoms with Gasteiger partial charge in [0.1, 0.15) is 7.57 Å². The maximum Gasteiger partial charge on any atom is 0.204 e. The Morgan fingerprint density at radius 3 is 1.71 bits per heavy atom. The molecule has 0 heterocycles. The van der Waals surface area contributed by atoms with E-state index in [1.807, 2.05) is 48.5 Å². The van der Waals surface area contributed by atoms with Crippen molar-refractivity contribution in [1.29, 1.82) is 0 Å². The van der Waals surface area contributed by atoms with Gasteiger partial charge < -0.3 is 0 Å². The summed E-state index contributed by atoms with van der Waals surface area (Å²) in [6.45, 7) is 0. The van der Waals surface area contributed by atoms with E-state index < -0.39 is 7.14 Å². The van der Waals surface area contributed by atoms with Crippen LogP contribution in [0.1, 0.15) is 5.56 Å². The zero-order chi connectivity index (χ0) is 17.0. The Kier molecular flexibility index (Phi) is 5.19. The van der Waals surface area contributed by atoms with Gasteiger partial charge in [-0.1, -0.05) is 60.1 Å². The molecule has 0 spiro atoms. The molecular formula is C20H18BClFP. The number of halogens is 2. The predicted octanol–water partition coefficient (Wildman–Crippen LogP) is 4.56. The van der Waals surface area contributed by atoms with Crippen molar-refractivity contribution in [3.63, 3.8) is 0 Å². The van der Waals surface area contributed by atoms with Crippen LogP contribution in [0.3, 0.4) is 0 Å². The maximum absolute atomic E-state index is 15.5. The smallest absolute Gasteiger partial charge is 0.169 e. The molecule has 0 atom stereocenters. The lowest BCUT2D eigenvalue weighted by Crippen LogP contribution is -2.22. The van der Waals surface area contributed by atoms with Crippen LogP contribution in [0.25, 0.3) is 6.08 Å². The SMILES string of the molecule is [BH3-][P+](/C(F)=C/c1ccc(Cl)cc1)(c1ccccc1)c1ccccc1. The first-order chi connectivity index (χ1) is 11.6. The predicted molar refractivity (Wildman–Crippen MR) is 110 cm³/mol. The van der Waals surface area contributed by atoms with Gasteiger partial charge in [-0.3, -0.25) is 0 Å². The highest BCUT2D eigenvalue weighted by Gasteiger charge is 2.35. The molecule has 0 aliphatic rings. The Balaban J connectivity index is 2.13. The van der Waals surface area contributed by atoms with Gasteiger partial charge in [-0.2, -0.15) is 4.39 Å². The number of rotatable bonds is 4.